The van der Waals surface area contributed by atoms with E-state index in [2.05, 4.69) is 18.6 Å². The Morgan fingerprint density at radius 3 is 1.76 bits per heavy atom. The molecule has 0 aromatic heterocycles. The Balaban J connectivity index is 4.16. The van der Waals surface area contributed by atoms with Gasteiger partial charge in [-0.05, 0) is 12.8 Å². The van der Waals surface area contributed by atoms with Crippen LogP contribution in [0.1, 0.15) is 65.2 Å². The Morgan fingerprint density at radius 1 is 0.905 bits per heavy atom. The highest BCUT2D eigenvalue weighted by atomic mass is 19.4. The molecular formula is C15H28F3NO2. The van der Waals surface area contributed by atoms with Crippen molar-refractivity contribution in [1.82, 2.24) is 4.90 Å². The first kappa shape index (κ1) is 20.1. The maximum atomic E-state index is 12.1. The summed E-state index contributed by atoms with van der Waals surface area (Å²) in [4.78, 5) is 13.1. The maximum Gasteiger partial charge on any atom is 0.422 e. The van der Waals surface area contributed by atoms with Crippen LogP contribution in [0.3, 0.4) is 0 Å². The molecule has 0 spiro atoms. The zero-order chi connectivity index (χ0) is 16.1. The van der Waals surface area contributed by atoms with E-state index in [4.69, 9.17) is 0 Å². The molecule has 0 rings (SSSR count). The molecule has 0 aromatic rings. The minimum Gasteiger partial charge on any atom is -0.440 e. The van der Waals surface area contributed by atoms with Gasteiger partial charge in [-0.25, -0.2) is 4.79 Å². The molecule has 21 heavy (non-hydrogen) atoms. The van der Waals surface area contributed by atoms with Crippen LogP contribution in [0, 0.1) is 0 Å². The van der Waals surface area contributed by atoms with Crippen LogP contribution in [0.25, 0.3) is 0 Å². The van der Waals surface area contributed by atoms with Gasteiger partial charge in [0.15, 0.2) is 6.61 Å². The largest absolute Gasteiger partial charge is 0.440 e. The van der Waals surface area contributed by atoms with Crippen molar-refractivity contribution < 1.29 is 22.7 Å². The molecule has 0 aliphatic rings. The molecule has 0 unspecified atom stereocenters. The van der Waals surface area contributed by atoms with Crippen molar-refractivity contribution in [2.24, 2.45) is 0 Å². The molecule has 6 heteroatoms. The zero-order valence-electron chi connectivity index (χ0n) is 13.2. The lowest BCUT2D eigenvalue weighted by atomic mass is 10.2. The van der Waals surface area contributed by atoms with Gasteiger partial charge in [0, 0.05) is 13.1 Å². The minimum absolute atomic E-state index is 0.475. The third kappa shape index (κ3) is 12.5. The predicted octanol–water partition coefficient (Wildman–Crippen LogP) is 5.15. The van der Waals surface area contributed by atoms with Crippen LogP contribution in [-0.2, 0) is 4.74 Å². The number of hydrogen-bond acceptors (Lipinski definition) is 2. The second kappa shape index (κ2) is 11.7. The lowest BCUT2D eigenvalue weighted by Crippen LogP contribution is -2.35. The summed E-state index contributed by atoms with van der Waals surface area (Å²) in [6.45, 7) is 3.61. The molecule has 0 aliphatic carbocycles. The first-order valence-corrected chi connectivity index (χ1v) is 7.89. The van der Waals surface area contributed by atoms with Crippen molar-refractivity contribution in [3.63, 3.8) is 0 Å². The molecular weight excluding hydrogens is 283 g/mol. The van der Waals surface area contributed by atoms with E-state index in [1.165, 1.54) is 4.90 Å². The van der Waals surface area contributed by atoms with Gasteiger partial charge < -0.3 is 9.64 Å². The predicted molar refractivity (Wildman–Crippen MR) is 77.3 cm³/mol. The summed E-state index contributed by atoms with van der Waals surface area (Å²) in [7, 11) is 0. The van der Waals surface area contributed by atoms with Crippen LogP contribution in [0.4, 0.5) is 18.0 Å². The summed E-state index contributed by atoms with van der Waals surface area (Å²) in [5.74, 6) is 0. The first-order chi connectivity index (χ1) is 9.90. The molecule has 1 amide bonds. The fourth-order valence-electron chi connectivity index (χ4n) is 1.99. The minimum atomic E-state index is -4.47. The van der Waals surface area contributed by atoms with E-state index in [-0.39, 0.29) is 0 Å². The fraction of sp³-hybridized carbons (Fsp3) is 0.933. The molecule has 0 aromatic carbocycles. The van der Waals surface area contributed by atoms with Gasteiger partial charge in [-0.15, -0.1) is 0 Å². The van der Waals surface area contributed by atoms with Crippen LogP contribution in [0.5, 0.6) is 0 Å². The van der Waals surface area contributed by atoms with E-state index < -0.39 is 18.9 Å². The van der Waals surface area contributed by atoms with Crippen LogP contribution in [0.2, 0.25) is 0 Å². The molecule has 0 bridgehead atoms. The number of rotatable bonds is 11. The monoisotopic (exact) mass is 311 g/mol. The van der Waals surface area contributed by atoms with E-state index in [1.54, 1.807) is 0 Å². The van der Waals surface area contributed by atoms with Gasteiger partial charge in [0.1, 0.15) is 0 Å². The Labute approximate surface area is 125 Å². The second-order valence-electron chi connectivity index (χ2n) is 5.28. The van der Waals surface area contributed by atoms with Gasteiger partial charge in [0.25, 0.3) is 0 Å². The van der Waals surface area contributed by atoms with Crippen molar-refractivity contribution in [2.75, 3.05) is 19.7 Å². The summed E-state index contributed by atoms with van der Waals surface area (Å²) < 4.78 is 40.6. The molecule has 0 radical (unpaired) electrons. The average Bonchev–Trinajstić information content (AvgIpc) is 2.42. The van der Waals surface area contributed by atoms with Crippen molar-refractivity contribution in [1.29, 1.82) is 0 Å². The highest BCUT2D eigenvalue weighted by Crippen LogP contribution is 2.15. The number of unbranched alkanes of at least 4 members (excludes halogenated alkanes) is 6. The van der Waals surface area contributed by atoms with Gasteiger partial charge in [-0.1, -0.05) is 52.4 Å². The Kier molecular flexibility index (Phi) is 11.2. The maximum absolute atomic E-state index is 12.1. The Bertz CT molecular complexity index is 258. The molecule has 0 saturated heterocycles. The van der Waals surface area contributed by atoms with Gasteiger partial charge >= 0.3 is 12.3 Å². The highest BCUT2D eigenvalue weighted by molar-refractivity contribution is 5.67. The lowest BCUT2D eigenvalue weighted by molar-refractivity contribution is -0.162. The number of hydrogen-bond donors (Lipinski definition) is 0. The van der Waals surface area contributed by atoms with Crippen molar-refractivity contribution in [2.45, 2.75) is 71.4 Å². The van der Waals surface area contributed by atoms with Gasteiger partial charge in [-0.2, -0.15) is 13.2 Å². The summed E-state index contributed by atoms with van der Waals surface area (Å²) in [6, 6.07) is 0. The van der Waals surface area contributed by atoms with Crippen LogP contribution < -0.4 is 0 Å². The van der Waals surface area contributed by atoms with E-state index in [0.29, 0.717) is 13.1 Å². The van der Waals surface area contributed by atoms with Crippen molar-refractivity contribution in [3.8, 4) is 0 Å². The average molecular weight is 311 g/mol. The molecule has 126 valence electrons. The molecule has 0 aliphatic heterocycles. The molecule has 3 nitrogen and oxygen atoms in total. The smallest absolute Gasteiger partial charge is 0.422 e. The van der Waals surface area contributed by atoms with Gasteiger partial charge in [0.05, 0.1) is 0 Å². The highest BCUT2D eigenvalue weighted by Gasteiger charge is 2.30. The Hall–Kier alpha value is -0.940. The first-order valence-electron chi connectivity index (χ1n) is 7.89. The SMILES string of the molecule is CCCCCCN(CCCCCC)C(=O)OCC(F)(F)F. The van der Waals surface area contributed by atoms with Crippen molar-refractivity contribution in [3.05, 3.63) is 0 Å². The zero-order valence-corrected chi connectivity index (χ0v) is 13.2. The summed E-state index contributed by atoms with van der Waals surface area (Å²) >= 11 is 0. The Morgan fingerprint density at radius 2 is 1.38 bits per heavy atom. The van der Waals surface area contributed by atoms with Crippen LogP contribution >= 0.6 is 0 Å². The summed E-state index contributed by atoms with van der Waals surface area (Å²) in [5, 5.41) is 0. The van der Waals surface area contributed by atoms with E-state index >= 15 is 0 Å². The third-order valence-electron chi connectivity index (χ3n) is 3.18. The third-order valence-corrected chi connectivity index (χ3v) is 3.18. The molecule has 0 heterocycles. The van der Waals surface area contributed by atoms with Crippen LogP contribution in [-0.4, -0.2) is 36.9 Å². The lowest BCUT2D eigenvalue weighted by Gasteiger charge is -2.22. The second-order valence-corrected chi connectivity index (χ2v) is 5.28. The number of amides is 1. The topological polar surface area (TPSA) is 29.5 Å². The normalized spacial score (nSPS) is 11.5. The van der Waals surface area contributed by atoms with Gasteiger partial charge in [0.2, 0.25) is 0 Å². The molecule has 0 N–H and O–H groups in total. The molecule has 0 fully saturated rings. The van der Waals surface area contributed by atoms with Crippen molar-refractivity contribution >= 4 is 6.09 Å². The summed E-state index contributed by atoms with van der Waals surface area (Å²) in [6.07, 6.45) is 2.56. The number of ether oxygens (including phenoxy) is 1. The molecule has 0 atom stereocenters. The van der Waals surface area contributed by atoms with E-state index in [9.17, 15) is 18.0 Å². The molecule has 0 saturated carbocycles. The van der Waals surface area contributed by atoms with Gasteiger partial charge in [-0.3, -0.25) is 0 Å². The number of halogens is 3. The van der Waals surface area contributed by atoms with Crippen LogP contribution in [0.15, 0.2) is 0 Å². The fourth-order valence-corrected chi connectivity index (χ4v) is 1.99. The standard InChI is InChI=1S/C15H28F3NO2/c1-3-5-7-9-11-19(12-10-8-6-4-2)14(20)21-13-15(16,17)18/h3-13H2,1-2H3. The van der Waals surface area contributed by atoms with E-state index in [1.807, 2.05) is 0 Å². The summed E-state index contributed by atoms with van der Waals surface area (Å²) in [5.41, 5.74) is 0. The quantitative estimate of drug-likeness (QED) is 0.494. The van der Waals surface area contributed by atoms with E-state index in [0.717, 1.165) is 51.4 Å². The number of alkyl halides is 3. The number of nitrogens with zero attached hydrogens (tertiary/aromatic N) is 1. The number of carbonyl (C=O) groups is 1. The number of carbonyl (C=O) groups excluding carboxylic acids is 1.